The second kappa shape index (κ2) is 7.53. The lowest BCUT2D eigenvalue weighted by Crippen LogP contribution is -2.42. The molecule has 3 rings (SSSR count). The van der Waals surface area contributed by atoms with Gasteiger partial charge < -0.3 is 4.57 Å². The summed E-state index contributed by atoms with van der Waals surface area (Å²) in [5.41, 5.74) is 8.91. The maximum absolute atomic E-state index is 12.5. The number of para-hydroxylation sites is 1. The van der Waals surface area contributed by atoms with Crippen LogP contribution in [0.1, 0.15) is 32.4 Å². The van der Waals surface area contributed by atoms with Crippen molar-refractivity contribution in [3.63, 3.8) is 0 Å². The van der Waals surface area contributed by atoms with Gasteiger partial charge in [0.05, 0.1) is 22.7 Å². The number of hydrogen-bond acceptors (Lipinski definition) is 4. The van der Waals surface area contributed by atoms with Gasteiger partial charge in [0.15, 0.2) is 0 Å². The Morgan fingerprint density at radius 1 is 1.12 bits per heavy atom. The van der Waals surface area contributed by atoms with Gasteiger partial charge in [-0.25, -0.2) is 4.98 Å². The Balaban J connectivity index is 1.68. The third-order valence-corrected chi connectivity index (χ3v) is 4.84. The Hall–Kier alpha value is -2.93. The first-order valence-electron chi connectivity index (χ1n) is 8.20. The SMILES string of the molecule is Cc1nc(CC(=O)NNC(=O)c2cc(C)n(-c3ccccc3)c2C)cs1. The van der Waals surface area contributed by atoms with E-state index >= 15 is 0 Å². The Morgan fingerprint density at radius 2 is 1.85 bits per heavy atom. The number of rotatable bonds is 4. The summed E-state index contributed by atoms with van der Waals surface area (Å²) in [5, 5.41) is 2.75. The van der Waals surface area contributed by atoms with Crippen molar-refractivity contribution in [3.8, 4) is 5.69 Å². The van der Waals surface area contributed by atoms with Crippen LogP contribution < -0.4 is 10.9 Å². The molecule has 2 heterocycles. The minimum atomic E-state index is -0.344. The van der Waals surface area contributed by atoms with E-state index in [4.69, 9.17) is 0 Å². The van der Waals surface area contributed by atoms with Gasteiger partial charge in [0, 0.05) is 22.5 Å². The van der Waals surface area contributed by atoms with Crippen LogP contribution in [0.5, 0.6) is 0 Å². The average Bonchev–Trinajstić information content (AvgIpc) is 3.16. The van der Waals surface area contributed by atoms with Crippen LogP contribution in [-0.2, 0) is 11.2 Å². The van der Waals surface area contributed by atoms with Crippen LogP contribution >= 0.6 is 11.3 Å². The molecule has 2 amide bonds. The Bertz CT molecular complexity index is 944. The van der Waals surface area contributed by atoms with Crippen molar-refractivity contribution < 1.29 is 9.59 Å². The van der Waals surface area contributed by atoms with E-state index in [9.17, 15) is 9.59 Å². The van der Waals surface area contributed by atoms with Crippen molar-refractivity contribution >= 4 is 23.2 Å². The molecule has 0 atom stereocenters. The van der Waals surface area contributed by atoms with Gasteiger partial charge in [-0.05, 0) is 39.0 Å². The van der Waals surface area contributed by atoms with Crippen LogP contribution in [-0.4, -0.2) is 21.4 Å². The van der Waals surface area contributed by atoms with E-state index in [1.54, 1.807) is 0 Å². The fraction of sp³-hybridized carbons (Fsp3) is 0.211. The molecule has 0 saturated heterocycles. The van der Waals surface area contributed by atoms with Gasteiger partial charge >= 0.3 is 0 Å². The van der Waals surface area contributed by atoms with Gasteiger partial charge in [0.1, 0.15) is 0 Å². The molecule has 0 saturated carbocycles. The predicted octanol–water partition coefficient (Wildman–Crippen LogP) is 2.86. The molecular weight excluding hydrogens is 348 g/mol. The largest absolute Gasteiger partial charge is 0.318 e. The number of thiazole rings is 1. The number of amides is 2. The van der Waals surface area contributed by atoms with Gasteiger partial charge in [-0.2, -0.15) is 0 Å². The Labute approximate surface area is 155 Å². The van der Waals surface area contributed by atoms with E-state index < -0.39 is 0 Å². The normalized spacial score (nSPS) is 10.6. The lowest BCUT2D eigenvalue weighted by molar-refractivity contribution is -0.121. The van der Waals surface area contributed by atoms with Crippen molar-refractivity contribution in [3.05, 3.63) is 69.4 Å². The molecule has 0 aliphatic carbocycles. The molecule has 0 fully saturated rings. The first kappa shape index (κ1) is 17.9. The fourth-order valence-electron chi connectivity index (χ4n) is 2.86. The standard InChI is InChI=1S/C19H20N4O2S/c1-12-9-17(13(2)23(12)16-7-5-4-6-8-16)19(25)22-21-18(24)10-15-11-26-14(3)20-15/h4-9,11H,10H2,1-3H3,(H,21,24)(H,22,25). The maximum Gasteiger partial charge on any atom is 0.271 e. The van der Waals surface area contributed by atoms with Gasteiger partial charge in [0.2, 0.25) is 5.91 Å². The number of carbonyl (C=O) groups is 2. The molecule has 3 aromatic rings. The summed E-state index contributed by atoms with van der Waals surface area (Å²) >= 11 is 1.49. The Kier molecular flexibility index (Phi) is 5.18. The van der Waals surface area contributed by atoms with Crippen molar-refractivity contribution in [1.82, 2.24) is 20.4 Å². The summed E-state index contributed by atoms with van der Waals surface area (Å²) < 4.78 is 2.01. The summed E-state index contributed by atoms with van der Waals surface area (Å²) in [4.78, 5) is 28.7. The molecule has 7 heteroatoms. The van der Waals surface area contributed by atoms with E-state index in [-0.39, 0.29) is 18.2 Å². The van der Waals surface area contributed by atoms with Crippen molar-refractivity contribution in [2.45, 2.75) is 27.2 Å². The fourth-order valence-corrected chi connectivity index (χ4v) is 3.47. The molecule has 2 aromatic heterocycles. The lowest BCUT2D eigenvalue weighted by atomic mass is 10.2. The maximum atomic E-state index is 12.5. The average molecular weight is 368 g/mol. The number of hydrogen-bond donors (Lipinski definition) is 2. The zero-order valence-electron chi connectivity index (χ0n) is 14.9. The van der Waals surface area contributed by atoms with Crippen LogP contribution in [0, 0.1) is 20.8 Å². The molecule has 6 nitrogen and oxygen atoms in total. The summed E-state index contributed by atoms with van der Waals surface area (Å²) in [6.45, 7) is 5.71. The second-order valence-electron chi connectivity index (χ2n) is 5.99. The van der Waals surface area contributed by atoms with Gasteiger partial charge in [-0.15, -0.1) is 11.3 Å². The summed E-state index contributed by atoms with van der Waals surface area (Å²) in [6.07, 6.45) is 0.133. The predicted molar refractivity (Wildman–Crippen MR) is 101 cm³/mol. The number of carbonyl (C=O) groups excluding carboxylic acids is 2. The third-order valence-electron chi connectivity index (χ3n) is 4.01. The highest BCUT2D eigenvalue weighted by molar-refractivity contribution is 7.09. The van der Waals surface area contributed by atoms with Crippen molar-refractivity contribution in [2.24, 2.45) is 0 Å². The number of hydrazine groups is 1. The van der Waals surface area contributed by atoms with Crippen molar-refractivity contribution in [1.29, 1.82) is 0 Å². The molecule has 0 aliphatic heterocycles. The topological polar surface area (TPSA) is 76.0 Å². The molecule has 0 aliphatic rings. The van der Waals surface area contributed by atoms with Gasteiger partial charge in [-0.3, -0.25) is 20.4 Å². The highest BCUT2D eigenvalue weighted by Crippen LogP contribution is 2.20. The number of aromatic nitrogens is 2. The molecule has 1 aromatic carbocycles. The van der Waals surface area contributed by atoms with Crippen molar-refractivity contribution in [2.75, 3.05) is 0 Å². The van der Waals surface area contributed by atoms with Crippen LogP contribution in [0.2, 0.25) is 0 Å². The number of benzene rings is 1. The molecule has 0 spiro atoms. The van der Waals surface area contributed by atoms with Crippen LogP contribution in [0.15, 0.2) is 41.8 Å². The summed E-state index contributed by atoms with van der Waals surface area (Å²) in [5.74, 6) is -0.649. The Morgan fingerprint density at radius 3 is 2.50 bits per heavy atom. The zero-order chi connectivity index (χ0) is 18.7. The molecule has 0 bridgehead atoms. The number of nitrogens with one attached hydrogen (secondary N) is 2. The first-order chi connectivity index (χ1) is 12.5. The highest BCUT2D eigenvalue weighted by Gasteiger charge is 2.17. The molecular formula is C19H20N4O2S. The first-order valence-corrected chi connectivity index (χ1v) is 9.08. The minimum Gasteiger partial charge on any atom is -0.318 e. The smallest absolute Gasteiger partial charge is 0.271 e. The van der Waals surface area contributed by atoms with Crippen LogP contribution in [0.4, 0.5) is 0 Å². The molecule has 2 N–H and O–H groups in total. The van der Waals surface area contributed by atoms with Crippen LogP contribution in [0.25, 0.3) is 5.69 Å². The highest BCUT2D eigenvalue weighted by atomic mass is 32.1. The van der Waals surface area contributed by atoms with E-state index in [0.29, 0.717) is 11.3 Å². The molecule has 134 valence electrons. The zero-order valence-corrected chi connectivity index (χ0v) is 15.7. The lowest BCUT2D eigenvalue weighted by Gasteiger charge is -2.10. The van der Waals surface area contributed by atoms with E-state index in [1.165, 1.54) is 11.3 Å². The summed E-state index contributed by atoms with van der Waals surface area (Å²) in [6, 6.07) is 11.6. The van der Waals surface area contributed by atoms with Crippen LogP contribution in [0.3, 0.4) is 0 Å². The molecule has 26 heavy (non-hydrogen) atoms. The van der Waals surface area contributed by atoms with E-state index in [0.717, 1.165) is 22.1 Å². The van der Waals surface area contributed by atoms with E-state index in [2.05, 4.69) is 15.8 Å². The number of aryl methyl sites for hydroxylation is 2. The summed E-state index contributed by atoms with van der Waals surface area (Å²) in [7, 11) is 0. The third kappa shape index (κ3) is 3.83. The monoisotopic (exact) mass is 368 g/mol. The van der Waals surface area contributed by atoms with E-state index in [1.807, 2.05) is 67.1 Å². The molecule has 0 radical (unpaired) electrons. The molecule has 0 unspecified atom stereocenters. The van der Waals surface area contributed by atoms with Gasteiger partial charge in [-0.1, -0.05) is 18.2 Å². The number of nitrogens with zero attached hydrogens (tertiary/aromatic N) is 2. The van der Waals surface area contributed by atoms with Gasteiger partial charge in [0.25, 0.3) is 5.91 Å². The second-order valence-corrected chi connectivity index (χ2v) is 7.05. The quantitative estimate of drug-likeness (QED) is 0.695. The minimum absolute atomic E-state index is 0.133.